The number of nitrogens with zero attached hydrogens (tertiary/aromatic N) is 2. The molecule has 2 aromatic rings. The molecule has 0 heterocycles. The van der Waals surface area contributed by atoms with Gasteiger partial charge in [-0.1, -0.05) is 35.3 Å². The van der Waals surface area contributed by atoms with Gasteiger partial charge in [-0.2, -0.15) is 10.4 Å². The molecule has 1 N–H and O–H groups in total. The Hall–Kier alpha value is -2.02. The molecule has 0 aromatic heterocycles. The summed E-state index contributed by atoms with van der Waals surface area (Å²) in [4.78, 5) is 0. The van der Waals surface area contributed by atoms with Gasteiger partial charge in [0, 0.05) is 0 Å². The minimum Gasteiger partial charge on any atom is -0.278 e. The highest BCUT2D eigenvalue weighted by Gasteiger charge is 2.00. The highest BCUT2D eigenvalue weighted by molar-refractivity contribution is 6.42. The van der Waals surface area contributed by atoms with Crippen LogP contribution < -0.4 is 5.43 Å². The average Bonchev–Trinajstić information content (AvgIpc) is 2.48. The normalized spacial score (nSPS) is 11.0. The summed E-state index contributed by atoms with van der Waals surface area (Å²) in [5.41, 5.74) is 6.05. The van der Waals surface area contributed by atoms with Crippen LogP contribution in [0.1, 0.15) is 18.1 Å². The third-order valence-electron chi connectivity index (χ3n) is 2.70. The molecule has 2 aromatic carbocycles. The molecule has 0 unspecified atom stereocenters. The second kappa shape index (κ2) is 6.42. The van der Waals surface area contributed by atoms with E-state index in [0.717, 1.165) is 17.0 Å². The zero-order valence-electron chi connectivity index (χ0n) is 10.7. The van der Waals surface area contributed by atoms with Crippen molar-refractivity contribution >= 4 is 34.6 Å². The Morgan fingerprint density at radius 2 is 1.80 bits per heavy atom. The molecule has 0 fully saturated rings. The van der Waals surface area contributed by atoms with Crippen molar-refractivity contribution in [3.8, 4) is 6.07 Å². The number of nitrogens with one attached hydrogen (secondary N) is 1. The lowest BCUT2D eigenvalue weighted by Gasteiger charge is -2.05. The lowest BCUT2D eigenvalue weighted by Crippen LogP contribution is -1.99. The standard InChI is InChI=1S/C15H11Cl2N3/c1-10(12-4-2-11(9-18)3-5-12)19-20-13-6-7-14(16)15(17)8-13/h2-8,20H,1H3/b19-10+. The number of halogens is 2. The maximum Gasteiger partial charge on any atom is 0.0991 e. The van der Waals surface area contributed by atoms with Crippen molar-refractivity contribution in [2.24, 2.45) is 5.10 Å². The summed E-state index contributed by atoms with van der Waals surface area (Å²) in [5.74, 6) is 0. The first-order valence-corrected chi connectivity index (χ1v) is 6.61. The van der Waals surface area contributed by atoms with E-state index < -0.39 is 0 Å². The van der Waals surface area contributed by atoms with Crippen molar-refractivity contribution in [1.82, 2.24) is 0 Å². The zero-order valence-corrected chi connectivity index (χ0v) is 12.2. The van der Waals surface area contributed by atoms with Crippen molar-refractivity contribution in [2.75, 3.05) is 5.43 Å². The lowest BCUT2D eigenvalue weighted by atomic mass is 10.1. The molecule has 0 saturated heterocycles. The van der Waals surface area contributed by atoms with Crippen LogP contribution in [0.3, 0.4) is 0 Å². The van der Waals surface area contributed by atoms with Crippen LogP contribution in [-0.2, 0) is 0 Å². The van der Waals surface area contributed by atoms with E-state index in [2.05, 4.69) is 16.6 Å². The van der Waals surface area contributed by atoms with Crippen LogP contribution in [0.5, 0.6) is 0 Å². The first-order chi connectivity index (χ1) is 9.60. The van der Waals surface area contributed by atoms with E-state index in [4.69, 9.17) is 28.5 Å². The summed E-state index contributed by atoms with van der Waals surface area (Å²) in [7, 11) is 0. The highest BCUT2D eigenvalue weighted by atomic mass is 35.5. The lowest BCUT2D eigenvalue weighted by molar-refractivity contribution is 1.32. The summed E-state index contributed by atoms with van der Waals surface area (Å²) in [5, 5.41) is 14.0. The summed E-state index contributed by atoms with van der Waals surface area (Å²) in [6.45, 7) is 1.88. The van der Waals surface area contributed by atoms with E-state index >= 15 is 0 Å². The molecule has 0 amide bonds. The molecular formula is C15H11Cl2N3. The van der Waals surface area contributed by atoms with Gasteiger partial charge in [0.2, 0.25) is 0 Å². The van der Waals surface area contributed by atoms with Gasteiger partial charge in [-0.3, -0.25) is 5.43 Å². The molecule has 0 aliphatic heterocycles. The SMILES string of the molecule is C/C(=N\Nc1ccc(Cl)c(Cl)c1)c1ccc(C#N)cc1. The fourth-order valence-electron chi connectivity index (χ4n) is 1.56. The van der Waals surface area contributed by atoms with E-state index in [-0.39, 0.29) is 0 Å². The largest absolute Gasteiger partial charge is 0.278 e. The van der Waals surface area contributed by atoms with Crippen molar-refractivity contribution < 1.29 is 0 Å². The predicted molar refractivity (Wildman–Crippen MR) is 83.5 cm³/mol. The second-order valence-corrected chi connectivity index (χ2v) is 4.94. The molecule has 0 aliphatic carbocycles. The Labute approximate surface area is 127 Å². The number of benzene rings is 2. The van der Waals surface area contributed by atoms with Gasteiger partial charge in [0.1, 0.15) is 0 Å². The molecule has 0 radical (unpaired) electrons. The summed E-state index contributed by atoms with van der Waals surface area (Å²) in [6, 6.07) is 14.5. The smallest absolute Gasteiger partial charge is 0.0991 e. The van der Waals surface area contributed by atoms with E-state index in [1.165, 1.54) is 0 Å². The van der Waals surface area contributed by atoms with E-state index in [9.17, 15) is 0 Å². The third-order valence-corrected chi connectivity index (χ3v) is 3.44. The molecule has 0 saturated carbocycles. The Morgan fingerprint density at radius 3 is 2.40 bits per heavy atom. The Morgan fingerprint density at radius 1 is 1.10 bits per heavy atom. The second-order valence-electron chi connectivity index (χ2n) is 4.13. The van der Waals surface area contributed by atoms with Gasteiger partial charge in [-0.05, 0) is 42.8 Å². The van der Waals surface area contributed by atoms with E-state index in [0.29, 0.717) is 15.6 Å². The minimum atomic E-state index is 0.475. The third kappa shape index (κ3) is 3.51. The van der Waals surface area contributed by atoms with Crippen molar-refractivity contribution in [2.45, 2.75) is 6.92 Å². The van der Waals surface area contributed by atoms with E-state index in [1.54, 1.807) is 30.3 Å². The fourth-order valence-corrected chi connectivity index (χ4v) is 1.86. The van der Waals surface area contributed by atoms with Crippen LogP contribution >= 0.6 is 23.2 Å². The Bertz CT molecular complexity index is 685. The van der Waals surface area contributed by atoms with Gasteiger partial charge in [0.15, 0.2) is 0 Å². The van der Waals surface area contributed by atoms with Crippen LogP contribution in [0.4, 0.5) is 5.69 Å². The summed E-state index contributed by atoms with van der Waals surface area (Å²) in [6.07, 6.45) is 0. The van der Waals surface area contributed by atoms with Gasteiger partial charge in [0.05, 0.1) is 33.1 Å². The molecule has 0 spiro atoms. The van der Waals surface area contributed by atoms with Crippen LogP contribution in [-0.4, -0.2) is 5.71 Å². The summed E-state index contributed by atoms with van der Waals surface area (Å²) >= 11 is 11.8. The molecule has 2 rings (SSSR count). The predicted octanol–water partition coefficient (Wildman–Crippen LogP) is 4.70. The Balaban J connectivity index is 2.13. The quantitative estimate of drug-likeness (QED) is 0.660. The molecule has 0 atom stereocenters. The van der Waals surface area contributed by atoms with Gasteiger partial charge < -0.3 is 0 Å². The molecule has 0 bridgehead atoms. The van der Waals surface area contributed by atoms with Gasteiger partial charge in [-0.15, -0.1) is 0 Å². The minimum absolute atomic E-state index is 0.475. The number of rotatable bonds is 3. The van der Waals surface area contributed by atoms with Gasteiger partial charge >= 0.3 is 0 Å². The molecular weight excluding hydrogens is 293 g/mol. The van der Waals surface area contributed by atoms with Crippen molar-refractivity contribution in [3.05, 3.63) is 63.6 Å². The summed E-state index contributed by atoms with van der Waals surface area (Å²) < 4.78 is 0. The van der Waals surface area contributed by atoms with Crippen LogP contribution in [0, 0.1) is 11.3 Å². The maximum atomic E-state index is 8.75. The van der Waals surface area contributed by atoms with Crippen LogP contribution in [0.15, 0.2) is 47.6 Å². The molecule has 20 heavy (non-hydrogen) atoms. The number of nitriles is 1. The number of hydrogen-bond donors (Lipinski definition) is 1. The van der Waals surface area contributed by atoms with Crippen molar-refractivity contribution in [1.29, 1.82) is 5.26 Å². The number of hydrazone groups is 1. The fraction of sp³-hybridized carbons (Fsp3) is 0.0667. The van der Waals surface area contributed by atoms with Gasteiger partial charge in [0.25, 0.3) is 0 Å². The Kier molecular flexibility index (Phi) is 4.62. The van der Waals surface area contributed by atoms with Crippen LogP contribution in [0.25, 0.3) is 0 Å². The molecule has 5 heteroatoms. The van der Waals surface area contributed by atoms with E-state index in [1.807, 2.05) is 19.1 Å². The molecule has 0 aliphatic rings. The monoisotopic (exact) mass is 303 g/mol. The molecule has 3 nitrogen and oxygen atoms in total. The maximum absolute atomic E-state index is 8.75. The van der Waals surface area contributed by atoms with Gasteiger partial charge in [-0.25, -0.2) is 0 Å². The number of anilines is 1. The van der Waals surface area contributed by atoms with Crippen molar-refractivity contribution in [3.63, 3.8) is 0 Å². The average molecular weight is 304 g/mol. The highest BCUT2D eigenvalue weighted by Crippen LogP contribution is 2.25. The zero-order chi connectivity index (χ0) is 14.5. The first-order valence-electron chi connectivity index (χ1n) is 5.86. The molecule has 100 valence electrons. The number of hydrogen-bond acceptors (Lipinski definition) is 3. The first kappa shape index (κ1) is 14.4. The topological polar surface area (TPSA) is 48.2 Å². The van der Waals surface area contributed by atoms with Crippen LogP contribution in [0.2, 0.25) is 10.0 Å².